The molecule has 1 heterocycles. The van der Waals surface area contributed by atoms with Crippen molar-refractivity contribution >= 4 is 5.97 Å². The Morgan fingerprint density at radius 2 is 1.47 bits per heavy atom. The second kappa shape index (κ2) is 8.20. The number of ether oxygens (including phenoxy) is 2. The fraction of sp³-hybridized carbons (Fsp3) is 0.969. The summed E-state index contributed by atoms with van der Waals surface area (Å²) >= 11 is 0. The van der Waals surface area contributed by atoms with Crippen molar-refractivity contribution in [3.05, 3.63) is 0 Å². The average molecular weight is 503 g/mol. The standard InChI is InChI=1S/C32H54O4/c1-20(33)35-25-14-16-29(6)23(27(25,2)3)13-18-31(8)24(29)11-10-21-22(12-17-30(21,31)7)32(9)19-15-26(36-32)28(4,5)34/h21-26,34H,10-19H2,1-9H3/t21-,22-,23?,24+,25+,26-,29-,30-,31+,32-/m0/s1. The maximum atomic E-state index is 11.9. The van der Waals surface area contributed by atoms with Crippen LogP contribution in [-0.2, 0) is 14.3 Å². The van der Waals surface area contributed by atoms with Crippen molar-refractivity contribution in [2.75, 3.05) is 0 Å². The van der Waals surface area contributed by atoms with E-state index >= 15 is 0 Å². The normalized spacial score (nSPS) is 52.3. The summed E-state index contributed by atoms with van der Waals surface area (Å²) in [5.74, 6) is 2.49. The van der Waals surface area contributed by atoms with Gasteiger partial charge in [0.15, 0.2) is 0 Å². The van der Waals surface area contributed by atoms with E-state index in [9.17, 15) is 9.90 Å². The predicted octanol–water partition coefficient (Wildman–Crippen LogP) is 7.31. The third-order valence-corrected chi connectivity index (χ3v) is 13.5. The Morgan fingerprint density at radius 1 is 0.806 bits per heavy atom. The molecule has 1 aliphatic heterocycles. The van der Waals surface area contributed by atoms with Crippen molar-refractivity contribution in [2.45, 2.75) is 150 Å². The van der Waals surface area contributed by atoms with Crippen molar-refractivity contribution in [3.8, 4) is 0 Å². The van der Waals surface area contributed by atoms with Crippen molar-refractivity contribution < 1.29 is 19.4 Å². The Hall–Kier alpha value is -0.610. The Kier molecular flexibility index (Phi) is 6.14. The topological polar surface area (TPSA) is 55.8 Å². The fourth-order valence-corrected chi connectivity index (χ4v) is 11.5. The molecule has 1 saturated heterocycles. The van der Waals surface area contributed by atoms with Gasteiger partial charge in [-0.15, -0.1) is 0 Å². The molecule has 36 heavy (non-hydrogen) atoms. The van der Waals surface area contributed by atoms with Crippen LogP contribution in [0.2, 0.25) is 0 Å². The molecule has 4 nitrogen and oxygen atoms in total. The highest BCUT2D eigenvalue weighted by Crippen LogP contribution is 2.76. The van der Waals surface area contributed by atoms with Gasteiger partial charge in [0.05, 0.1) is 17.3 Å². The molecule has 4 aliphatic carbocycles. The summed E-state index contributed by atoms with van der Waals surface area (Å²) in [7, 11) is 0. The molecule has 0 spiro atoms. The molecule has 5 aliphatic rings. The molecule has 0 bridgehead atoms. The summed E-state index contributed by atoms with van der Waals surface area (Å²) < 4.78 is 12.6. The Labute approximate surface area is 220 Å². The minimum absolute atomic E-state index is 0.0211. The number of rotatable bonds is 3. The van der Waals surface area contributed by atoms with E-state index in [1.54, 1.807) is 6.92 Å². The van der Waals surface area contributed by atoms with Crippen LogP contribution in [0, 0.1) is 45.3 Å². The molecule has 0 aromatic rings. The summed E-state index contributed by atoms with van der Waals surface area (Å²) in [6, 6.07) is 0. The molecular weight excluding hydrogens is 448 g/mol. The van der Waals surface area contributed by atoms with Crippen LogP contribution in [0.3, 0.4) is 0 Å². The molecule has 10 atom stereocenters. The van der Waals surface area contributed by atoms with Crippen LogP contribution in [0.1, 0.15) is 127 Å². The van der Waals surface area contributed by atoms with Crippen LogP contribution in [0.4, 0.5) is 0 Å². The number of aliphatic hydroxyl groups is 1. The number of hydrogen-bond donors (Lipinski definition) is 1. The van der Waals surface area contributed by atoms with Crippen LogP contribution in [-0.4, -0.2) is 34.5 Å². The van der Waals surface area contributed by atoms with Crippen LogP contribution in [0.15, 0.2) is 0 Å². The van der Waals surface area contributed by atoms with E-state index in [0.717, 1.165) is 25.2 Å². The molecule has 1 unspecified atom stereocenters. The maximum absolute atomic E-state index is 11.9. The van der Waals surface area contributed by atoms with Gasteiger partial charge in [0.2, 0.25) is 0 Å². The number of fused-ring (bicyclic) bond motifs is 5. The van der Waals surface area contributed by atoms with E-state index in [4.69, 9.17) is 9.47 Å². The van der Waals surface area contributed by atoms with Crippen molar-refractivity contribution in [3.63, 3.8) is 0 Å². The van der Waals surface area contributed by atoms with E-state index in [1.165, 1.54) is 44.9 Å². The van der Waals surface area contributed by atoms with Gasteiger partial charge < -0.3 is 14.6 Å². The van der Waals surface area contributed by atoms with Crippen LogP contribution < -0.4 is 0 Å². The van der Waals surface area contributed by atoms with Crippen LogP contribution in [0.25, 0.3) is 0 Å². The van der Waals surface area contributed by atoms with E-state index in [-0.39, 0.29) is 29.2 Å². The third kappa shape index (κ3) is 3.62. The van der Waals surface area contributed by atoms with Gasteiger partial charge in [-0.25, -0.2) is 0 Å². The quantitative estimate of drug-likeness (QED) is 0.411. The minimum Gasteiger partial charge on any atom is -0.462 e. The molecule has 4 saturated carbocycles. The van der Waals surface area contributed by atoms with Gasteiger partial charge in [-0.3, -0.25) is 4.79 Å². The molecule has 0 aromatic heterocycles. The van der Waals surface area contributed by atoms with Gasteiger partial charge in [-0.05, 0) is 125 Å². The lowest BCUT2D eigenvalue weighted by molar-refractivity contribution is -0.231. The SMILES string of the molecule is CC(=O)O[C@@H]1CC[C@@]2(C)C(CC[C@]3(C)[C@@H]2CC[C@H]2[C@@H]([C@]4(C)CC[C@@H](C(C)(C)O)O4)CC[C@@]23C)C1(C)C. The highest BCUT2D eigenvalue weighted by atomic mass is 16.5. The van der Waals surface area contributed by atoms with Crippen molar-refractivity contribution in [1.29, 1.82) is 0 Å². The maximum Gasteiger partial charge on any atom is 0.302 e. The van der Waals surface area contributed by atoms with E-state index in [2.05, 4.69) is 41.5 Å². The van der Waals surface area contributed by atoms with Gasteiger partial charge in [0, 0.05) is 12.3 Å². The smallest absolute Gasteiger partial charge is 0.302 e. The zero-order valence-corrected chi connectivity index (χ0v) is 24.7. The van der Waals surface area contributed by atoms with E-state index in [0.29, 0.717) is 34.0 Å². The molecule has 1 N–H and O–H groups in total. The Bertz CT molecular complexity index is 889. The Balaban J connectivity index is 1.42. The summed E-state index contributed by atoms with van der Waals surface area (Å²) in [5, 5.41) is 10.7. The molecule has 206 valence electrons. The first kappa shape index (κ1) is 27.0. The first-order chi connectivity index (χ1) is 16.5. The molecule has 5 fully saturated rings. The molecule has 5 rings (SSSR count). The zero-order chi connectivity index (χ0) is 26.5. The molecule has 0 amide bonds. The molecule has 4 heteroatoms. The van der Waals surface area contributed by atoms with Crippen LogP contribution >= 0.6 is 0 Å². The first-order valence-corrected chi connectivity index (χ1v) is 15.1. The Morgan fingerprint density at radius 3 is 2.08 bits per heavy atom. The van der Waals surface area contributed by atoms with Crippen LogP contribution in [0.5, 0.6) is 0 Å². The highest BCUT2D eigenvalue weighted by molar-refractivity contribution is 5.66. The highest BCUT2D eigenvalue weighted by Gasteiger charge is 2.70. The predicted molar refractivity (Wildman–Crippen MR) is 143 cm³/mol. The first-order valence-electron chi connectivity index (χ1n) is 15.1. The van der Waals surface area contributed by atoms with E-state index in [1.807, 2.05) is 13.8 Å². The fourth-order valence-electron chi connectivity index (χ4n) is 11.5. The van der Waals surface area contributed by atoms with Gasteiger partial charge in [0.1, 0.15) is 6.10 Å². The van der Waals surface area contributed by atoms with Crippen molar-refractivity contribution in [1.82, 2.24) is 0 Å². The lowest BCUT2D eigenvalue weighted by atomic mass is 9.35. The second-order valence-corrected chi connectivity index (χ2v) is 15.9. The minimum atomic E-state index is -0.770. The third-order valence-electron chi connectivity index (χ3n) is 13.5. The molecular formula is C32H54O4. The van der Waals surface area contributed by atoms with Gasteiger partial charge in [-0.2, -0.15) is 0 Å². The number of esters is 1. The van der Waals surface area contributed by atoms with Gasteiger partial charge in [0.25, 0.3) is 0 Å². The monoisotopic (exact) mass is 502 g/mol. The zero-order valence-electron chi connectivity index (χ0n) is 24.7. The average Bonchev–Trinajstić information content (AvgIpc) is 3.32. The number of carbonyl (C=O) groups is 1. The molecule has 0 aromatic carbocycles. The van der Waals surface area contributed by atoms with Gasteiger partial charge >= 0.3 is 5.97 Å². The summed E-state index contributed by atoms with van der Waals surface area (Å²) in [4.78, 5) is 11.9. The summed E-state index contributed by atoms with van der Waals surface area (Å²) in [6.45, 7) is 20.4. The van der Waals surface area contributed by atoms with Gasteiger partial charge in [-0.1, -0.05) is 34.6 Å². The summed E-state index contributed by atoms with van der Waals surface area (Å²) in [5.41, 5.74) is 0.122. The molecule has 0 radical (unpaired) electrons. The summed E-state index contributed by atoms with van der Waals surface area (Å²) in [6.07, 6.45) is 11.9. The lowest BCUT2D eigenvalue weighted by Gasteiger charge is -2.70. The largest absolute Gasteiger partial charge is 0.462 e. The second-order valence-electron chi connectivity index (χ2n) is 15.9. The lowest BCUT2D eigenvalue weighted by Crippen LogP contribution is -2.64. The van der Waals surface area contributed by atoms with Crippen molar-refractivity contribution in [2.24, 2.45) is 45.3 Å². The number of hydrogen-bond acceptors (Lipinski definition) is 4. The number of carbonyl (C=O) groups excluding carboxylic acids is 1. The van der Waals surface area contributed by atoms with E-state index < -0.39 is 5.60 Å².